The van der Waals surface area contributed by atoms with Gasteiger partial charge in [-0.2, -0.15) is 4.31 Å². The lowest BCUT2D eigenvalue weighted by Crippen LogP contribution is -2.40. The van der Waals surface area contributed by atoms with Gasteiger partial charge in [-0.1, -0.05) is 19.3 Å². The van der Waals surface area contributed by atoms with Crippen LogP contribution in [0, 0.1) is 5.92 Å². The molecule has 0 N–H and O–H groups in total. The molecule has 1 aromatic carbocycles. The molecule has 1 amide bonds. The number of ether oxygens (including phenoxy) is 1. The van der Waals surface area contributed by atoms with E-state index in [-0.39, 0.29) is 5.91 Å². The van der Waals surface area contributed by atoms with Crippen molar-refractivity contribution < 1.29 is 17.9 Å². The number of rotatable bonds is 4. The van der Waals surface area contributed by atoms with Crippen molar-refractivity contribution in [2.45, 2.75) is 49.8 Å². The van der Waals surface area contributed by atoms with Gasteiger partial charge < -0.3 is 9.64 Å². The van der Waals surface area contributed by atoms with E-state index in [1.54, 1.807) is 12.1 Å². The largest absolute Gasteiger partial charge is 0.379 e. The molecular formula is C20H28N2O4S. The van der Waals surface area contributed by atoms with Gasteiger partial charge in [0, 0.05) is 31.7 Å². The summed E-state index contributed by atoms with van der Waals surface area (Å²) in [6, 6.07) is 5.22. The molecule has 27 heavy (non-hydrogen) atoms. The molecule has 0 aromatic heterocycles. The molecule has 1 aromatic rings. The summed E-state index contributed by atoms with van der Waals surface area (Å²) in [4.78, 5) is 15.0. The van der Waals surface area contributed by atoms with Crippen LogP contribution in [0.4, 0.5) is 5.69 Å². The van der Waals surface area contributed by atoms with E-state index in [4.69, 9.17) is 4.74 Å². The molecule has 0 spiro atoms. The van der Waals surface area contributed by atoms with Crippen LogP contribution in [0.25, 0.3) is 0 Å². The Labute approximate surface area is 161 Å². The molecule has 0 atom stereocenters. The summed E-state index contributed by atoms with van der Waals surface area (Å²) in [6.07, 6.45) is 7.41. The number of fused-ring (bicyclic) bond motifs is 1. The Hall–Kier alpha value is -1.44. The first-order valence-corrected chi connectivity index (χ1v) is 11.5. The minimum atomic E-state index is -3.49. The van der Waals surface area contributed by atoms with Crippen LogP contribution in [0.2, 0.25) is 0 Å². The highest BCUT2D eigenvalue weighted by molar-refractivity contribution is 7.89. The summed E-state index contributed by atoms with van der Waals surface area (Å²) in [5, 5.41) is 0. The zero-order valence-corrected chi connectivity index (χ0v) is 16.5. The summed E-state index contributed by atoms with van der Waals surface area (Å²) in [6.45, 7) is 2.32. The number of amides is 1. The maximum atomic E-state index is 12.9. The number of benzene rings is 1. The predicted molar refractivity (Wildman–Crippen MR) is 103 cm³/mol. The summed E-state index contributed by atoms with van der Waals surface area (Å²) < 4.78 is 32.5. The highest BCUT2D eigenvalue weighted by Crippen LogP contribution is 2.33. The van der Waals surface area contributed by atoms with Crippen LogP contribution in [0.3, 0.4) is 0 Å². The minimum Gasteiger partial charge on any atom is -0.379 e. The van der Waals surface area contributed by atoms with Crippen LogP contribution in [0.5, 0.6) is 0 Å². The van der Waals surface area contributed by atoms with Crippen molar-refractivity contribution in [1.29, 1.82) is 0 Å². The fraction of sp³-hybridized carbons (Fsp3) is 0.650. The second-order valence-electron chi connectivity index (χ2n) is 7.81. The van der Waals surface area contributed by atoms with Crippen LogP contribution >= 0.6 is 0 Å². The lowest BCUT2D eigenvalue weighted by molar-refractivity contribution is -0.119. The maximum Gasteiger partial charge on any atom is 0.243 e. The normalized spacial score (nSPS) is 22.0. The quantitative estimate of drug-likeness (QED) is 0.790. The predicted octanol–water partition coefficient (Wildman–Crippen LogP) is 2.57. The number of carbonyl (C=O) groups excluding carboxylic acids is 1. The first kappa shape index (κ1) is 18.9. The van der Waals surface area contributed by atoms with Crippen LogP contribution in [0.15, 0.2) is 23.1 Å². The van der Waals surface area contributed by atoms with Crippen LogP contribution in [-0.4, -0.2) is 51.5 Å². The van der Waals surface area contributed by atoms with E-state index < -0.39 is 10.0 Å². The highest BCUT2D eigenvalue weighted by atomic mass is 32.2. The minimum absolute atomic E-state index is 0.185. The van der Waals surface area contributed by atoms with E-state index in [9.17, 15) is 13.2 Å². The molecule has 0 radical (unpaired) electrons. The van der Waals surface area contributed by atoms with Gasteiger partial charge in [-0.25, -0.2) is 8.42 Å². The molecule has 1 saturated carbocycles. The molecule has 6 nitrogen and oxygen atoms in total. The van der Waals surface area contributed by atoms with Gasteiger partial charge in [-0.3, -0.25) is 4.79 Å². The molecule has 1 aliphatic carbocycles. The second kappa shape index (κ2) is 7.89. The fourth-order valence-corrected chi connectivity index (χ4v) is 5.94. The van der Waals surface area contributed by atoms with E-state index in [1.807, 2.05) is 11.0 Å². The van der Waals surface area contributed by atoms with Gasteiger partial charge in [0.25, 0.3) is 0 Å². The van der Waals surface area contributed by atoms with Crippen molar-refractivity contribution in [2.24, 2.45) is 5.92 Å². The Kier molecular flexibility index (Phi) is 5.53. The van der Waals surface area contributed by atoms with Gasteiger partial charge in [0.15, 0.2) is 0 Å². The molecule has 0 unspecified atom stereocenters. The van der Waals surface area contributed by atoms with Crippen molar-refractivity contribution in [3.63, 3.8) is 0 Å². The zero-order chi connectivity index (χ0) is 18.9. The van der Waals surface area contributed by atoms with Crippen molar-refractivity contribution in [2.75, 3.05) is 37.7 Å². The van der Waals surface area contributed by atoms with Crippen LogP contribution < -0.4 is 4.90 Å². The van der Waals surface area contributed by atoms with Crippen molar-refractivity contribution in [3.05, 3.63) is 23.8 Å². The number of morpholine rings is 1. The molecule has 2 aliphatic heterocycles. The second-order valence-corrected chi connectivity index (χ2v) is 9.75. The Morgan fingerprint density at radius 2 is 1.81 bits per heavy atom. The molecule has 2 heterocycles. The Bertz CT molecular complexity index is 796. The van der Waals surface area contributed by atoms with Crippen molar-refractivity contribution in [3.8, 4) is 0 Å². The number of sulfonamides is 1. The van der Waals surface area contributed by atoms with E-state index in [1.165, 1.54) is 23.6 Å². The Morgan fingerprint density at radius 3 is 2.56 bits per heavy atom. The number of carbonyl (C=O) groups is 1. The van der Waals surface area contributed by atoms with Crippen molar-refractivity contribution in [1.82, 2.24) is 4.31 Å². The van der Waals surface area contributed by atoms with Gasteiger partial charge in [-0.05, 0) is 48.9 Å². The Balaban J connectivity index is 1.49. The first-order chi connectivity index (χ1) is 13.1. The third-order valence-electron chi connectivity index (χ3n) is 6.04. The van der Waals surface area contributed by atoms with Crippen LogP contribution in [-0.2, 0) is 26.0 Å². The van der Waals surface area contributed by atoms with Gasteiger partial charge in [0.05, 0.1) is 18.1 Å². The standard InChI is InChI=1S/C20H28N2O4S/c23-20(14-16-4-2-1-3-5-16)22-9-8-17-15-18(6-7-19(17)22)27(24,25)21-10-12-26-13-11-21/h6-7,15-16H,1-5,8-14H2. The van der Waals surface area contributed by atoms with Crippen LogP contribution in [0.1, 0.15) is 44.1 Å². The van der Waals surface area contributed by atoms with Gasteiger partial charge in [0.2, 0.25) is 15.9 Å². The van der Waals surface area contributed by atoms with Crippen molar-refractivity contribution >= 4 is 21.6 Å². The average Bonchev–Trinajstić information content (AvgIpc) is 3.13. The number of hydrogen-bond donors (Lipinski definition) is 0. The SMILES string of the molecule is O=C(CC1CCCCC1)N1CCc2cc(S(=O)(=O)N3CCOCC3)ccc21. The maximum absolute atomic E-state index is 12.9. The van der Waals surface area contributed by atoms with Gasteiger partial charge >= 0.3 is 0 Å². The lowest BCUT2D eigenvalue weighted by atomic mass is 9.86. The molecule has 2 fully saturated rings. The molecule has 0 bridgehead atoms. The smallest absolute Gasteiger partial charge is 0.243 e. The molecule has 7 heteroatoms. The fourth-order valence-electron chi connectivity index (χ4n) is 4.48. The van der Waals surface area contributed by atoms with Gasteiger partial charge in [-0.15, -0.1) is 0 Å². The Morgan fingerprint density at radius 1 is 1.07 bits per heavy atom. The summed E-state index contributed by atoms with van der Waals surface area (Å²) in [5.74, 6) is 0.695. The molecule has 4 rings (SSSR count). The molecule has 3 aliphatic rings. The number of anilines is 1. The summed E-state index contributed by atoms with van der Waals surface area (Å²) in [7, 11) is -3.49. The average molecular weight is 393 g/mol. The third kappa shape index (κ3) is 3.91. The molecule has 148 valence electrons. The molecular weight excluding hydrogens is 364 g/mol. The molecule has 1 saturated heterocycles. The summed E-state index contributed by atoms with van der Waals surface area (Å²) >= 11 is 0. The van der Waals surface area contributed by atoms with E-state index in [2.05, 4.69) is 0 Å². The highest BCUT2D eigenvalue weighted by Gasteiger charge is 2.31. The summed E-state index contributed by atoms with van der Waals surface area (Å²) in [5.41, 5.74) is 1.85. The number of nitrogens with zero attached hydrogens (tertiary/aromatic N) is 2. The zero-order valence-electron chi connectivity index (χ0n) is 15.7. The number of hydrogen-bond acceptors (Lipinski definition) is 4. The van der Waals surface area contributed by atoms with Gasteiger partial charge in [0.1, 0.15) is 0 Å². The topological polar surface area (TPSA) is 66.9 Å². The lowest BCUT2D eigenvalue weighted by Gasteiger charge is -2.26. The monoisotopic (exact) mass is 392 g/mol. The van der Waals surface area contributed by atoms with E-state index in [0.717, 1.165) is 30.5 Å². The van der Waals surface area contributed by atoms with E-state index in [0.29, 0.717) is 50.1 Å². The first-order valence-electron chi connectivity index (χ1n) is 10.1. The van der Waals surface area contributed by atoms with E-state index >= 15 is 0 Å². The third-order valence-corrected chi connectivity index (χ3v) is 7.94.